The summed E-state index contributed by atoms with van der Waals surface area (Å²) in [6.07, 6.45) is 1.77. The van der Waals surface area contributed by atoms with E-state index in [4.69, 9.17) is 4.74 Å². The average Bonchev–Trinajstić information content (AvgIpc) is 2.37. The standard InChI is InChI=1S/C13H19N3O3/c1-4-19-13(18)8-7-12(17)15-10-5-6-11(14-9-10)16(2)3/h5-6,9H,4,7-8H2,1-3H3,(H,15,17). The molecule has 1 heterocycles. The molecule has 0 aliphatic carbocycles. The minimum Gasteiger partial charge on any atom is -0.466 e. The molecular formula is C13H19N3O3. The van der Waals surface area contributed by atoms with E-state index in [-0.39, 0.29) is 24.7 Å². The Labute approximate surface area is 112 Å². The zero-order chi connectivity index (χ0) is 14.3. The van der Waals surface area contributed by atoms with Crippen molar-refractivity contribution in [3.63, 3.8) is 0 Å². The fourth-order valence-electron chi connectivity index (χ4n) is 1.40. The first kappa shape index (κ1) is 14.9. The highest BCUT2D eigenvalue weighted by molar-refractivity contribution is 5.92. The molecule has 0 bridgehead atoms. The van der Waals surface area contributed by atoms with E-state index in [1.54, 1.807) is 25.3 Å². The molecule has 0 saturated heterocycles. The summed E-state index contributed by atoms with van der Waals surface area (Å²) in [7, 11) is 3.78. The first-order valence-corrected chi connectivity index (χ1v) is 6.11. The SMILES string of the molecule is CCOC(=O)CCC(=O)Nc1ccc(N(C)C)nc1. The van der Waals surface area contributed by atoms with Gasteiger partial charge in [-0.3, -0.25) is 9.59 Å². The number of ether oxygens (including phenoxy) is 1. The number of rotatable bonds is 6. The summed E-state index contributed by atoms with van der Waals surface area (Å²) >= 11 is 0. The second-order valence-corrected chi connectivity index (χ2v) is 4.15. The molecule has 0 aliphatic rings. The quantitative estimate of drug-likeness (QED) is 0.788. The van der Waals surface area contributed by atoms with Gasteiger partial charge in [0.15, 0.2) is 0 Å². The van der Waals surface area contributed by atoms with E-state index in [0.29, 0.717) is 12.3 Å². The Bertz CT molecular complexity index is 429. The van der Waals surface area contributed by atoms with Crippen LogP contribution in [-0.4, -0.2) is 37.6 Å². The fraction of sp³-hybridized carbons (Fsp3) is 0.462. The molecule has 1 aromatic heterocycles. The number of nitrogens with one attached hydrogen (secondary N) is 1. The number of aromatic nitrogens is 1. The molecule has 0 fully saturated rings. The fourth-order valence-corrected chi connectivity index (χ4v) is 1.40. The van der Waals surface area contributed by atoms with Crippen molar-refractivity contribution in [3.8, 4) is 0 Å². The first-order chi connectivity index (χ1) is 9.02. The maximum atomic E-state index is 11.6. The second kappa shape index (κ2) is 7.35. The predicted octanol–water partition coefficient (Wildman–Crippen LogP) is 1.43. The van der Waals surface area contributed by atoms with Gasteiger partial charge in [0.2, 0.25) is 5.91 Å². The van der Waals surface area contributed by atoms with E-state index in [1.165, 1.54) is 0 Å². The molecule has 0 aliphatic heterocycles. The molecule has 0 unspecified atom stereocenters. The van der Waals surface area contributed by atoms with Crippen LogP contribution in [0.1, 0.15) is 19.8 Å². The number of hydrogen-bond donors (Lipinski definition) is 1. The smallest absolute Gasteiger partial charge is 0.306 e. The molecule has 1 aromatic rings. The van der Waals surface area contributed by atoms with Gasteiger partial charge >= 0.3 is 5.97 Å². The van der Waals surface area contributed by atoms with Crippen LogP contribution >= 0.6 is 0 Å². The Kier molecular flexibility index (Phi) is 5.78. The molecule has 19 heavy (non-hydrogen) atoms. The highest BCUT2D eigenvalue weighted by atomic mass is 16.5. The topological polar surface area (TPSA) is 71.5 Å². The number of hydrogen-bond acceptors (Lipinski definition) is 5. The molecule has 1 N–H and O–H groups in total. The molecule has 1 amide bonds. The lowest BCUT2D eigenvalue weighted by molar-refractivity contribution is -0.144. The first-order valence-electron chi connectivity index (χ1n) is 6.11. The van der Waals surface area contributed by atoms with Crippen LogP contribution in [0.25, 0.3) is 0 Å². The second-order valence-electron chi connectivity index (χ2n) is 4.15. The van der Waals surface area contributed by atoms with E-state index >= 15 is 0 Å². The van der Waals surface area contributed by atoms with Gasteiger partial charge in [-0.2, -0.15) is 0 Å². The minimum absolute atomic E-state index is 0.0862. The lowest BCUT2D eigenvalue weighted by Gasteiger charge is -2.11. The number of nitrogens with zero attached hydrogens (tertiary/aromatic N) is 2. The van der Waals surface area contributed by atoms with Crippen LogP contribution in [0.3, 0.4) is 0 Å². The Balaban J connectivity index is 2.42. The van der Waals surface area contributed by atoms with Crippen molar-refractivity contribution in [1.82, 2.24) is 4.98 Å². The average molecular weight is 265 g/mol. The molecule has 0 aromatic carbocycles. The van der Waals surface area contributed by atoms with Gasteiger partial charge in [0.05, 0.1) is 24.9 Å². The highest BCUT2D eigenvalue weighted by Gasteiger charge is 2.08. The molecule has 104 valence electrons. The number of amides is 1. The van der Waals surface area contributed by atoms with Gasteiger partial charge in [0, 0.05) is 20.5 Å². The summed E-state index contributed by atoms with van der Waals surface area (Å²) in [5.41, 5.74) is 0.611. The monoisotopic (exact) mass is 265 g/mol. The number of carbonyl (C=O) groups is 2. The van der Waals surface area contributed by atoms with Crippen molar-refractivity contribution in [2.45, 2.75) is 19.8 Å². The normalized spacial score (nSPS) is 9.84. The molecule has 6 heteroatoms. The Morgan fingerprint density at radius 3 is 2.58 bits per heavy atom. The maximum absolute atomic E-state index is 11.6. The van der Waals surface area contributed by atoms with E-state index in [2.05, 4.69) is 10.3 Å². The summed E-state index contributed by atoms with van der Waals surface area (Å²) in [5, 5.41) is 2.68. The van der Waals surface area contributed by atoms with Gasteiger partial charge < -0.3 is 15.0 Å². The van der Waals surface area contributed by atoms with Gasteiger partial charge in [-0.15, -0.1) is 0 Å². The van der Waals surface area contributed by atoms with Gasteiger partial charge in [-0.1, -0.05) is 0 Å². The third-order valence-corrected chi connectivity index (χ3v) is 2.35. The van der Waals surface area contributed by atoms with Crippen LogP contribution < -0.4 is 10.2 Å². The Hall–Kier alpha value is -2.11. The van der Waals surface area contributed by atoms with Crippen molar-refractivity contribution >= 4 is 23.4 Å². The van der Waals surface area contributed by atoms with Gasteiger partial charge in [0.1, 0.15) is 5.82 Å². The summed E-state index contributed by atoms with van der Waals surface area (Å²) in [6, 6.07) is 3.57. The van der Waals surface area contributed by atoms with Crippen LogP contribution in [0, 0.1) is 0 Å². The number of carbonyl (C=O) groups excluding carboxylic acids is 2. The summed E-state index contributed by atoms with van der Waals surface area (Å²) < 4.78 is 4.75. The Morgan fingerprint density at radius 1 is 1.32 bits per heavy atom. The van der Waals surface area contributed by atoms with Crippen molar-refractivity contribution in [2.75, 3.05) is 30.9 Å². The molecule has 0 atom stereocenters. The number of anilines is 2. The highest BCUT2D eigenvalue weighted by Crippen LogP contribution is 2.12. The molecule has 1 rings (SSSR count). The number of pyridine rings is 1. The molecule has 0 saturated carbocycles. The van der Waals surface area contributed by atoms with E-state index in [9.17, 15) is 9.59 Å². The third kappa shape index (κ3) is 5.37. The number of esters is 1. The lowest BCUT2D eigenvalue weighted by atomic mass is 10.3. The van der Waals surface area contributed by atoms with E-state index in [1.807, 2.05) is 19.0 Å². The maximum Gasteiger partial charge on any atom is 0.306 e. The minimum atomic E-state index is -0.362. The third-order valence-electron chi connectivity index (χ3n) is 2.35. The van der Waals surface area contributed by atoms with E-state index < -0.39 is 0 Å². The lowest BCUT2D eigenvalue weighted by Crippen LogP contribution is -2.15. The predicted molar refractivity (Wildman–Crippen MR) is 73.1 cm³/mol. The van der Waals surface area contributed by atoms with Crippen LogP contribution in [0.4, 0.5) is 11.5 Å². The van der Waals surface area contributed by atoms with Crippen molar-refractivity contribution in [3.05, 3.63) is 18.3 Å². The van der Waals surface area contributed by atoms with Gasteiger partial charge in [0.25, 0.3) is 0 Å². The zero-order valence-electron chi connectivity index (χ0n) is 11.5. The van der Waals surface area contributed by atoms with Crippen LogP contribution in [0.15, 0.2) is 18.3 Å². The van der Waals surface area contributed by atoms with Crippen molar-refractivity contribution < 1.29 is 14.3 Å². The van der Waals surface area contributed by atoms with Crippen molar-refractivity contribution in [1.29, 1.82) is 0 Å². The largest absolute Gasteiger partial charge is 0.466 e. The molecule has 0 spiro atoms. The zero-order valence-corrected chi connectivity index (χ0v) is 11.5. The molecule has 6 nitrogen and oxygen atoms in total. The molecular weight excluding hydrogens is 246 g/mol. The van der Waals surface area contributed by atoms with E-state index in [0.717, 1.165) is 5.82 Å². The summed E-state index contributed by atoms with van der Waals surface area (Å²) in [6.45, 7) is 2.06. The Morgan fingerprint density at radius 2 is 2.05 bits per heavy atom. The van der Waals surface area contributed by atoms with Gasteiger partial charge in [-0.05, 0) is 19.1 Å². The van der Waals surface area contributed by atoms with Crippen LogP contribution in [0.5, 0.6) is 0 Å². The van der Waals surface area contributed by atoms with Crippen LogP contribution in [0.2, 0.25) is 0 Å². The van der Waals surface area contributed by atoms with Crippen LogP contribution in [-0.2, 0) is 14.3 Å². The molecule has 0 radical (unpaired) electrons. The van der Waals surface area contributed by atoms with Gasteiger partial charge in [-0.25, -0.2) is 4.98 Å². The van der Waals surface area contributed by atoms with Crippen molar-refractivity contribution in [2.24, 2.45) is 0 Å². The summed E-state index contributed by atoms with van der Waals surface area (Å²) in [4.78, 5) is 28.7. The summed E-state index contributed by atoms with van der Waals surface area (Å²) in [5.74, 6) is 0.218.